The normalized spacial score (nSPS) is 13.6. The van der Waals surface area contributed by atoms with E-state index < -0.39 is 0 Å². The Balaban J connectivity index is 1.68. The summed E-state index contributed by atoms with van der Waals surface area (Å²) in [5, 5.41) is 0. The summed E-state index contributed by atoms with van der Waals surface area (Å²) >= 11 is 0. The van der Waals surface area contributed by atoms with Crippen LogP contribution in [0, 0.1) is 20.8 Å². The van der Waals surface area contributed by atoms with Crippen LogP contribution in [0.15, 0.2) is 52.1 Å². The Labute approximate surface area is 186 Å². The second-order valence-electron chi connectivity index (χ2n) is 8.73. The van der Waals surface area contributed by atoms with Gasteiger partial charge in [0, 0.05) is 25.8 Å². The van der Waals surface area contributed by atoms with E-state index in [1.807, 2.05) is 35.8 Å². The number of hydrogen-bond donors (Lipinski definition) is 0. The predicted molar refractivity (Wildman–Crippen MR) is 127 cm³/mol. The van der Waals surface area contributed by atoms with E-state index in [2.05, 4.69) is 36.9 Å². The fraction of sp³-hybridized carbons (Fsp3) is 0.320. The van der Waals surface area contributed by atoms with E-state index in [0.717, 1.165) is 35.7 Å². The number of imidazole rings is 1. The molecule has 2 aromatic heterocycles. The standard InChI is InChI=1S/C25H27N5O2/c1-16-6-9-19(10-7-16)15-30-23(31)21-22(27(4)25(30)32)26-24-28(12-5-13-29(21)24)20-11-8-17(2)18(3)14-20/h6-11,14H,5,12-13,15H2,1-4H3. The van der Waals surface area contributed by atoms with Crippen molar-refractivity contribution in [1.82, 2.24) is 18.7 Å². The van der Waals surface area contributed by atoms with Gasteiger partial charge in [-0.2, -0.15) is 4.98 Å². The van der Waals surface area contributed by atoms with Crippen molar-refractivity contribution in [3.05, 3.63) is 85.6 Å². The van der Waals surface area contributed by atoms with Crippen molar-refractivity contribution in [1.29, 1.82) is 0 Å². The fourth-order valence-electron chi connectivity index (χ4n) is 4.42. The molecule has 0 amide bonds. The summed E-state index contributed by atoms with van der Waals surface area (Å²) in [6.07, 6.45) is 0.894. The molecular formula is C25H27N5O2. The zero-order valence-electron chi connectivity index (χ0n) is 18.9. The molecule has 0 unspecified atom stereocenters. The largest absolute Gasteiger partial charge is 0.332 e. The summed E-state index contributed by atoms with van der Waals surface area (Å²) in [6.45, 7) is 7.96. The number of benzene rings is 2. The lowest BCUT2D eigenvalue weighted by Gasteiger charge is -2.29. The van der Waals surface area contributed by atoms with Crippen LogP contribution >= 0.6 is 0 Å². The van der Waals surface area contributed by atoms with Gasteiger partial charge in [-0.25, -0.2) is 4.79 Å². The van der Waals surface area contributed by atoms with Gasteiger partial charge in [0.15, 0.2) is 11.2 Å². The minimum atomic E-state index is -0.351. The summed E-state index contributed by atoms with van der Waals surface area (Å²) in [6, 6.07) is 14.2. The van der Waals surface area contributed by atoms with Crippen molar-refractivity contribution < 1.29 is 0 Å². The van der Waals surface area contributed by atoms with E-state index in [4.69, 9.17) is 4.98 Å². The van der Waals surface area contributed by atoms with Crippen molar-refractivity contribution >= 4 is 22.8 Å². The Hall–Kier alpha value is -3.61. The van der Waals surface area contributed by atoms with Crippen molar-refractivity contribution in [2.24, 2.45) is 7.05 Å². The van der Waals surface area contributed by atoms with Gasteiger partial charge in [0.25, 0.3) is 5.56 Å². The number of hydrogen-bond acceptors (Lipinski definition) is 4. The van der Waals surface area contributed by atoms with Crippen molar-refractivity contribution in [3.63, 3.8) is 0 Å². The molecule has 0 radical (unpaired) electrons. The van der Waals surface area contributed by atoms with Gasteiger partial charge >= 0.3 is 5.69 Å². The molecule has 1 aliphatic heterocycles. The van der Waals surface area contributed by atoms with Gasteiger partial charge in [0.05, 0.1) is 6.54 Å². The molecule has 4 aromatic rings. The van der Waals surface area contributed by atoms with Crippen LogP contribution in [0.1, 0.15) is 28.7 Å². The van der Waals surface area contributed by atoms with Gasteiger partial charge < -0.3 is 9.47 Å². The highest BCUT2D eigenvalue weighted by Gasteiger charge is 2.27. The molecule has 0 bridgehead atoms. The minimum Gasteiger partial charge on any atom is -0.312 e. The van der Waals surface area contributed by atoms with E-state index in [-0.39, 0.29) is 17.8 Å². The third-order valence-corrected chi connectivity index (χ3v) is 6.48. The molecule has 0 atom stereocenters. The van der Waals surface area contributed by atoms with Gasteiger partial charge in [0.1, 0.15) is 0 Å². The first-order valence-corrected chi connectivity index (χ1v) is 11.0. The number of rotatable bonds is 3. The maximum atomic E-state index is 13.5. The van der Waals surface area contributed by atoms with Crippen LogP contribution in [0.2, 0.25) is 0 Å². The Morgan fingerprint density at radius 2 is 1.69 bits per heavy atom. The van der Waals surface area contributed by atoms with Crippen LogP contribution in [-0.4, -0.2) is 25.2 Å². The lowest BCUT2D eigenvalue weighted by Crippen LogP contribution is -2.40. The van der Waals surface area contributed by atoms with Crippen LogP contribution in [0.25, 0.3) is 11.2 Å². The van der Waals surface area contributed by atoms with Crippen LogP contribution in [0.5, 0.6) is 0 Å². The van der Waals surface area contributed by atoms with Crippen LogP contribution < -0.4 is 16.1 Å². The highest BCUT2D eigenvalue weighted by molar-refractivity contribution is 5.77. The number of aromatic nitrogens is 4. The third-order valence-electron chi connectivity index (χ3n) is 6.48. The van der Waals surface area contributed by atoms with E-state index in [1.165, 1.54) is 20.3 Å². The second-order valence-corrected chi connectivity index (χ2v) is 8.73. The molecule has 0 fully saturated rings. The molecule has 7 heteroatoms. The van der Waals surface area contributed by atoms with Gasteiger partial charge in [-0.1, -0.05) is 35.9 Å². The van der Waals surface area contributed by atoms with E-state index in [0.29, 0.717) is 17.7 Å². The molecule has 0 saturated carbocycles. The summed E-state index contributed by atoms with van der Waals surface area (Å²) in [4.78, 5) is 33.5. The lowest BCUT2D eigenvalue weighted by molar-refractivity contribution is 0.597. The average molecular weight is 430 g/mol. The van der Waals surface area contributed by atoms with Crippen LogP contribution in [0.4, 0.5) is 11.6 Å². The van der Waals surface area contributed by atoms with Crippen LogP contribution in [-0.2, 0) is 20.1 Å². The average Bonchev–Trinajstić information content (AvgIpc) is 3.18. The predicted octanol–water partition coefficient (Wildman–Crippen LogP) is 3.41. The number of anilines is 2. The Bertz CT molecular complexity index is 1460. The van der Waals surface area contributed by atoms with E-state index in [1.54, 1.807) is 7.05 Å². The van der Waals surface area contributed by atoms with Crippen molar-refractivity contribution in [3.8, 4) is 0 Å². The Morgan fingerprint density at radius 1 is 0.938 bits per heavy atom. The van der Waals surface area contributed by atoms with E-state index >= 15 is 0 Å². The van der Waals surface area contributed by atoms with E-state index in [9.17, 15) is 9.59 Å². The summed E-state index contributed by atoms with van der Waals surface area (Å²) < 4.78 is 4.78. The van der Waals surface area contributed by atoms with Gasteiger partial charge in [-0.3, -0.25) is 13.9 Å². The SMILES string of the molecule is Cc1ccc(Cn2c(=O)c3c(nc4n3CCCN4c3ccc(C)c(C)c3)n(C)c2=O)cc1. The highest BCUT2D eigenvalue weighted by atomic mass is 16.2. The molecule has 2 aromatic carbocycles. The molecule has 0 N–H and O–H groups in total. The lowest BCUT2D eigenvalue weighted by atomic mass is 10.1. The molecular weight excluding hydrogens is 402 g/mol. The Morgan fingerprint density at radius 3 is 2.41 bits per heavy atom. The maximum Gasteiger partial charge on any atom is 0.332 e. The van der Waals surface area contributed by atoms with Crippen LogP contribution in [0.3, 0.4) is 0 Å². The summed E-state index contributed by atoms with van der Waals surface area (Å²) in [5.41, 5.74) is 5.85. The monoisotopic (exact) mass is 429 g/mol. The summed E-state index contributed by atoms with van der Waals surface area (Å²) in [7, 11) is 1.69. The molecule has 0 spiro atoms. The zero-order valence-corrected chi connectivity index (χ0v) is 18.9. The topological polar surface area (TPSA) is 65.1 Å². The molecule has 32 heavy (non-hydrogen) atoms. The van der Waals surface area contributed by atoms with Gasteiger partial charge in [0.2, 0.25) is 5.95 Å². The quantitative estimate of drug-likeness (QED) is 0.501. The zero-order chi connectivity index (χ0) is 22.6. The van der Waals surface area contributed by atoms with Gasteiger partial charge in [-0.05, 0) is 56.0 Å². The molecule has 5 rings (SSSR count). The smallest absolute Gasteiger partial charge is 0.312 e. The molecule has 7 nitrogen and oxygen atoms in total. The summed E-state index contributed by atoms with van der Waals surface area (Å²) in [5.74, 6) is 0.717. The first-order chi connectivity index (χ1) is 15.3. The second kappa shape index (κ2) is 7.51. The number of nitrogens with zero attached hydrogens (tertiary/aromatic N) is 5. The molecule has 0 saturated heterocycles. The molecule has 164 valence electrons. The molecule has 1 aliphatic rings. The molecule has 3 heterocycles. The fourth-order valence-corrected chi connectivity index (χ4v) is 4.42. The molecule has 0 aliphatic carbocycles. The third kappa shape index (κ3) is 3.16. The first-order valence-electron chi connectivity index (χ1n) is 11.0. The van der Waals surface area contributed by atoms with Crippen molar-refractivity contribution in [2.45, 2.75) is 40.3 Å². The van der Waals surface area contributed by atoms with Crippen molar-refractivity contribution in [2.75, 3.05) is 11.4 Å². The number of aryl methyl sites for hydroxylation is 5. The first kappa shape index (κ1) is 20.3. The van der Waals surface area contributed by atoms with Gasteiger partial charge in [-0.15, -0.1) is 0 Å². The maximum absolute atomic E-state index is 13.5. The Kier molecular flexibility index (Phi) is 4.77. The highest BCUT2D eigenvalue weighted by Crippen LogP contribution is 2.31. The number of fused-ring (bicyclic) bond motifs is 3. The minimum absolute atomic E-state index is 0.239.